The van der Waals surface area contributed by atoms with Crippen molar-refractivity contribution in [1.82, 2.24) is 0 Å². The minimum Gasteiger partial charge on any atom is -0.508 e. The molecule has 15 heavy (non-hydrogen) atoms. The van der Waals surface area contributed by atoms with Gasteiger partial charge in [-0.3, -0.25) is 0 Å². The van der Waals surface area contributed by atoms with Gasteiger partial charge in [0.05, 0.1) is 0 Å². The van der Waals surface area contributed by atoms with Crippen molar-refractivity contribution in [1.29, 1.82) is 0 Å². The zero-order valence-corrected chi connectivity index (χ0v) is 10.7. The molecule has 0 radical (unpaired) electrons. The molecular weight excluding hydrogens is 184 g/mol. The van der Waals surface area contributed by atoms with Gasteiger partial charge in [-0.05, 0) is 41.0 Å². The molecule has 0 saturated heterocycles. The minimum atomic E-state index is 0.137. The van der Waals surface area contributed by atoms with E-state index < -0.39 is 0 Å². The van der Waals surface area contributed by atoms with Crippen LogP contribution in [0.2, 0.25) is 0 Å². The third-order valence-corrected chi connectivity index (χ3v) is 2.80. The van der Waals surface area contributed by atoms with Crippen LogP contribution in [0.15, 0.2) is 12.1 Å². The highest BCUT2D eigenvalue weighted by atomic mass is 16.3. The van der Waals surface area contributed by atoms with E-state index in [0.29, 0.717) is 11.7 Å². The predicted octanol–water partition coefficient (Wildman–Crippen LogP) is 4.12. The van der Waals surface area contributed by atoms with E-state index in [1.165, 1.54) is 11.1 Å². The predicted molar refractivity (Wildman–Crippen MR) is 65.6 cm³/mol. The Morgan fingerprint density at radius 2 is 1.67 bits per heavy atom. The van der Waals surface area contributed by atoms with E-state index >= 15 is 0 Å². The van der Waals surface area contributed by atoms with E-state index in [1.54, 1.807) is 0 Å². The maximum Gasteiger partial charge on any atom is 0.118 e. The summed E-state index contributed by atoms with van der Waals surface area (Å²) in [5.41, 5.74) is 3.70. The molecule has 0 spiro atoms. The van der Waals surface area contributed by atoms with Crippen molar-refractivity contribution >= 4 is 0 Å². The average Bonchev–Trinajstić information content (AvgIpc) is 2.06. The topological polar surface area (TPSA) is 20.2 Å². The lowest BCUT2D eigenvalue weighted by atomic mass is 9.80. The third kappa shape index (κ3) is 2.53. The average molecular weight is 206 g/mol. The van der Waals surface area contributed by atoms with Gasteiger partial charge in [0.1, 0.15) is 5.75 Å². The first-order valence-electron chi connectivity index (χ1n) is 5.57. The summed E-state index contributed by atoms with van der Waals surface area (Å²) in [5.74, 6) is 0.859. The molecule has 1 aromatic rings. The maximum atomic E-state index is 9.74. The molecular formula is C14H22O. The Labute approximate surface area is 93.1 Å². The fourth-order valence-electron chi connectivity index (χ4n) is 1.84. The molecule has 0 aliphatic heterocycles. The molecule has 0 bridgehead atoms. The molecule has 0 atom stereocenters. The standard InChI is InChI=1S/C14H22O/c1-9(2)11-8-13(15)10(3)7-12(11)14(4,5)6/h7-9,15H,1-6H3. The van der Waals surface area contributed by atoms with E-state index in [-0.39, 0.29) is 5.41 Å². The Morgan fingerprint density at radius 3 is 2.07 bits per heavy atom. The molecule has 0 heterocycles. The van der Waals surface area contributed by atoms with Crippen molar-refractivity contribution in [2.24, 2.45) is 0 Å². The van der Waals surface area contributed by atoms with Crippen LogP contribution in [0, 0.1) is 6.92 Å². The Hall–Kier alpha value is -0.980. The van der Waals surface area contributed by atoms with E-state index in [4.69, 9.17) is 0 Å². The van der Waals surface area contributed by atoms with Crippen LogP contribution >= 0.6 is 0 Å². The van der Waals surface area contributed by atoms with Crippen molar-refractivity contribution < 1.29 is 5.11 Å². The van der Waals surface area contributed by atoms with Crippen LogP contribution < -0.4 is 0 Å². The number of hydrogen-bond donors (Lipinski definition) is 1. The Kier molecular flexibility index (Phi) is 3.13. The first-order valence-corrected chi connectivity index (χ1v) is 5.57. The second kappa shape index (κ2) is 3.88. The van der Waals surface area contributed by atoms with Crippen molar-refractivity contribution in [2.75, 3.05) is 0 Å². The summed E-state index contributed by atoms with van der Waals surface area (Å²) in [5, 5.41) is 9.74. The number of phenolic OH excluding ortho intramolecular Hbond substituents is 1. The van der Waals surface area contributed by atoms with Crippen LogP contribution in [-0.4, -0.2) is 5.11 Å². The first kappa shape index (κ1) is 12.1. The summed E-state index contributed by atoms with van der Waals surface area (Å²) in [4.78, 5) is 0. The molecule has 1 heteroatoms. The zero-order valence-electron chi connectivity index (χ0n) is 10.7. The van der Waals surface area contributed by atoms with Gasteiger partial charge < -0.3 is 5.11 Å². The Bertz CT molecular complexity index is 356. The van der Waals surface area contributed by atoms with Crippen molar-refractivity contribution in [2.45, 2.75) is 52.9 Å². The van der Waals surface area contributed by atoms with E-state index in [0.717, 1.165) is 5.56 Å². The molecule has 1 rings (SSSR count). The maximum absolute atomic E-state index is 9.74. The lowest BCUT2D eigenvalue weighted by Gasteiger charge is -2.25. The van der Waals surface area contributed by atoms with E-state index in [2.05, 4.69) is 40.7 Å². The lowest BCUT2D eigenvalue weighted by molar-refractivity contribution is 0.467. The van der Waals surface area contributed by atoms with Gasteiger partial charge in [-0.15, -0.1) is 0 Å². The number of rotatable bonds is 1. The summed E-state index contributed by atoms with van der Waals surface area (Å²) in [6.45, 7) is 12.9. The number of aryl methyl sites for hydroxylation is 1. The van der Waals surface area contributed by atoms with Crippen molar-refractivity contribution in [3.05, 3.63) is 28.8 Å². The number of phenols is 1. The van der Waals surface area contributed by atoms with Crippen molar-refractivity contribution in [3.8, 4) is 5.75 Å². The monoisotopic (exact) mass is 206 g/mol. The van der Waals surface area contributed by atoms with Crippen LogP contribution in [-0.2, 0) is 5.41 Å². The summed E-state index contributed by atoms with van der Waals surface area (Å²) < 4.78 is 0. The van der Waals surface area contributed by atoms with Gasteiger partial charge in [0, 0.05) is 0 Å². The summed E-state index contributed by atoms with van der Waals surface area (Å²) >= 11 is 0. The molecule has 0 aliphatic rings. The van der Waals surface area contributed by atoms with Crippen LogP contribution in [0.25, 0.3) is 0 Å². The second-order valence-electron chi connectivity index (χ2n) is 5.63. The molecule has 1 nitrogen and oxygen atoms in total. The molecule has 0 saturated carbocycles. The van der Waals surface area contributed by atoms with Gasteiger partial charge >= 0.3 is 0 Å². The largest absolute Gasteiger partial charge is 0.508 e. The number of aromatic hydroxyl groups is 1. The molecule has 0 aliphatic carbocycles. The van der Waals surface area contributed by atoms with Crippen LogP contribution in [0.4, 0.5) is 0 Å². The zero-order chi connectivity index (χ0) is 11.8. The van der Waals surface area contributed by atoms with Gasteiger partial charge in [-0.2, -0.15) is 0 Å². The highest BCUT2D eigenvalue weighted by Crippen LogP contribution is 2.34. The van der Waals surface area contributed by atoms with Gasteiger partial charge in [0.15, 0.2) is 0 Å². The smallest absolute Gasteiger partial charge is 0.118 e. The van der Waals surface area contributed by atoms with E-state index in [1.807, 2.05) is 13.0 Å². The van der Waals surface area contributed by atoms with Gasteiger partial charge in [0.25, 0.3) is 0 Å². The molecule has 0 aromatic heterocycles. The Morgan fingerprint density at radius 1 is 1.13 bits per heavy atom. The fourth-order valence-corrected chi connectivity index (χ4v) is 1.84. The van der Waals surface area contributed by atoms with Crippen molar-refractivity contribution in [3.63, 3.8) is 0 Å². The molecule has 1 aromatic carbocycles. The summed E-state index contributed by atoms with van der Waals surface area (Å²) in [6, 6.07) is 4.03. The highest BCUT2D eigenvalue weighted by molar-refractivity contribution is 5.45. The quantitative estimate of drug-likeness (QED) is 0.732. The third-order valence-electron chi connectivity index (χ3n) is 2.80. The molecule has 0 fully saturated rings. The fraction of sp³-hybridized carbons (Fsp3) is 0.571. The molecule has 0 unspecified atom stereocenters. The van der Waals surface area contributed by atoms with Gasteiger partial charge in [-0.25, -0.2) is 0 Å². The number of benzene rings is 1. The van der Waals surface area contributed by atoms with Gasteiger partial charge in [0.2, 0.25) is 0 Å². The normalized spacial score (nSPS) is 12.2. The Balaban J connectivity index is 3.42. The summed E-state index contributed by atoms with van der Waals surface area (Å²) in [7, 11) is 0. The minimum absolute atomic E-state index is 0.137. The van der Waals surface area contributed by atoms with Crippen LogP contribution in [0.5, 0.6) is 5.75 Å². The number of hydrogen-bond acceptors (Lipinski definition) is 1. The SMILES string of the molecule is Cc1cc(C(C)(C)C)c(C(C)C)cc1O. The van der Waals surface area contributed by atoms with Gasteiger partial charge in [-0.1, -0.05) is 40.7 Å². The molecule has 1 N–H and O–H groups in total. The highest BCUT2D eigenvalue weighted by Gasteiger charge is 2.20. The van der Waals surface area contributed by atoms with Crippen LogP contribution in [0.1, 0.15) is 57.2 Å². The molecule has 0 amide bonds. The first-order chi connectivity index (χ1) is 6.73. The van der Waals surface area contributed by atoms with E-state index in [9.17, 15) is 5.11 Å². The van der Waals surface area contributed by atoms with Crippen LogP contribution in [0.3, 0.4) is 0 Å². The summed E-state index contributed by atoms with van der Waals surface area (Å²) in [6.07, 6.45) is 0. The second-order valence-corrected chi connectivity index (χ2v) is 5.63. The lowest BCUT2D eigenvalue weighted by Crippen LogP contribution is -2.15. The molecule has 84 valence electrons.